The summed E-state index contributed by atoms with van der Waals surface area (Å²) in [7, 11) is 0. The van der Waals surface area contributed by atoms with Crippen LogP contribution in [0.3, 0.4) is 0 Å². The van der Waals surface area contributed by atoms with Gasteiger partial charge in [-0.1, -0.05) is 30.8 Å². The molecule has 4 heterocycles. The number of hydrogen-bond acceptors (Lipinski definition) is 7. The van der Waals surface area contributed by atoms with Crippen molar-refractivity contribution in [1.29, 1.82) is 0 Å². The van der Waals surface area contributed by atoms with Gasteiger partial charge in [0.15, 0.2) is 10.9 Å². The molecule has 0 aliphatic rings. The van der Waals surface area contributed by atoms with Gasteiger partial charge in [0, 0.05) is 23.2 Å². The Hall–Kier alpha value is -2.32. The Labute approximate surface area is 170 Å². The molecule has 0 saturated carbocycles. The average Bonchev–Trinajstić information content (AvgIpc) is 3.37. The fourth-order valence-electron chi connectivity index (χ4n) is 3.00. The third kappa shape index (κ3) is 3.54. The van der Waals surface area contributed by atoms with Crippen molar-refractivity contribution in [3.63, 3.8) is 0 Å². The van der Waals surface area contributed by atoms with E-state index in [-0.39, 0.29) is 5.56 Å². The zero-order chi connectivity index (χ0) is 19.8. The minimum Gasteiger partial charge on any atom is -0.461 e. The molecule has 146 valence electrons. The summed E-state index contributed by atoms with van der Waals surface area (Å²) in [6.45, 7) is 8.87. The quantitative estimate of drug-likeness (QED) is 0.315. The molecule has 4 aromatic heterocycles. The second-order valence-electron chi connectivity index (χ2n) is 7.12. The fraction of sp³-hybridized carbons (Fsp3) is 0.350. The van der Waals surface area contributed by atoms with Crippen LogP contribution < -0.4 is 5.56 Å². The van der Waals surface area contributed by atoms with E-state index in [0.717, 1.165) is 31.5 Å². The molecule has 0 saturated heterocycles. The predicted octanol–water partition coefficient (Wildman–Crippen LogP) is 5.27. The number of furan rings is 1. The number of thioether (sulfide) groups is 1. The van der Waals surface area contributed by atoms with Crippen LogP contribution in [0.2, 0.25) is 0 Å². The first-order chi connectivity index (χ1) is 13.4. The minimum absolute atomic E-state index is 0.0412. The number of nitrogens with zero attached hydrogens (tertiary/aromatic N) is 3. The van der Waals surface area contributed by atoms with Crippen LogP contribution >= 0.6 is 23.1 Å². The van der Waals surface area contributed by atoms with E-state index >= 15 is 0 Å². The molecule has 0 radical (unpaired) electrons. The summed E-state index contributed by atoms with van der Waals surface area (Å²) in [5, 5.41) is 5.57. The first-order valence-corrected chi connectivity index (χ1v) is 10.9. The van der Waals surface area contributed by atoms with Crippen molar-refractivity contribution in [2.24, 2.45) is 5.92 Å². The lowest BCUT2D eigenvalue weighted by Gasteiger charge is -2.13. The summed E-state index contributed by atoms with van der Waals surface area (Å²) in [4.78, 5) is 19.9. The summed E-state index contributed by atoms with van der Waals surface area (Å²) >= 11 is 3.08. The topological polar surface area (TPSA) is 74.1 Å². The van der Waals surface area contributed by atoms with Crippen molar-refractivity contribution in [2.45, 2.75) is 45.1 Å². The van der Waals surface area contributed by atoms with Gasteiger partial charge in [-0.3, -0.25) is 9.36 Å². The standard InChI is InChI=1S/C20H21N3O3S2/c1-11(2)9-23-19(24)17-12(3)13(4)28-18(17)21-20(23)27-10-14-8-16(26-22-14)15-6-5-7-25-15/h5-8,11H,9-10H2,1-4H3. The Morgan fingerprint density at radius 3 is 2.82 bits per heavy atom. The summed E-state index contributed by atoms with van der Waals surface area (Å²) in [6, 6.07) is 5.49. The third-order valence-electron chi connectivity index (χ3n) is 4.47. The highest BCUT2D eigenvalue weighted by Gasteiger charge is 2.18. The van der Waals surface area contributed by atoms with Gasteiger partial charge < -0.3 is 8.94 Å². The molecule has 0 N–H and O–H groups in total. The highest BCUT2D eigenvalue weighted by Crippen LogP contribution is 2.30. The van der Waals surface area contributed by atoms with Gasteiger partial charge in [0.1, 0.15) is 4.83 Å². The lowest BCUT2D eigenvalue weighted by Crippen LogP contribution is -2.25. The Kier molecular flexibility index (Phi) is 5.16. The van der Waals surface area contributed by atoms with Gasteiger partial charge in [0.2, 0.25) is 5.76 Å². The van der Waals surface area contributed by atoms with Gasteiger partial charge >= 0.3 is 0 Å². The van der Waals surface area contributed by atoms with E-state index in [2.05, 4.69) is 19.0 Å². The van der Waals surface area contributed by atoms with E-state index in [1.165, 1.54) is 11.8 Å². The second kappa shape index (κ2) is 7.60. The van der Waals surface area contributed by atoms with E-state index < -0.39 is 0 Å². The second-order valence-corrected chi connectivity index (χ2v) is 9.26. The smallest absolute Gasteiger partial charge is 0.263 e. The minimum atomic E-state index is 0.0412. The summed E-state index contributed by atoms with van der Waals surface area (Å²) in [6.07, 6.45) is 1.60. The normalized spacial score (nSPS) is 11.8. The molecule has 4 aromatic rings. The van der Waals surface area contributed by atoms with Crippen LogP contribution in [-0.4, -0.2) is 14.7 Å². The first-order valence-electron chi connectivity index (χ1n) is 9.07. The number of fused-ring (bicyclic) bond motifs is 1. The Morgan fingerprint density at radius 2 is 2.11 bits per heavy atom. The molecule has 0 aliphatic carbocycles. The number of aryl methyl sites for hydroxylation is 2. The van der Waals surface area contributed by atoms with Crippen LogP contribution in [0, 0.1) is 19.8 Å². The van der Waals surface area contributed by atoms with Crippen LogP contribution in [-0.2, 0) is 12.3 Å². The van der Waals surface area contributed by atoms with Gasteiger partial charge in [0.05, 0.1) is 17.3 Å². The molecular formula is C20H21N3O3S2. The first kappa shape index (κ1) is 19.0. The van der Waals surface area contributed by atoms with E-state index in [9.17, 15) is 4.79 Å². The van der Waals surface area contributed by atoms with Crippen LogP contribution in [0.5, 0.6) is 0 Å². The van der Waals surface area contributed by atoms with Crippen molar-refractivity contribution in [1.82, 2.24) is 14.7 Å². The van der Waals surface area contributed by atoms with Crippen LogP contribution in [0.4, 0.5) is 0 Å². The maximum atomic E-state index is 13.2. The van der Waals surface area contributed by atoms with Crippen LogP contribution in [0.25, 0.3) is 21.7 Å². The Bertz CT molecular complexity index is 1170. The summed E-state index contributed by atoms with van der Waals surface area (Å²) < 4.78 is 12.5. The van der Waals surface area contributed by atoms with E-state index in [1.54, 1.807) is 28.2 Å². The van der Waals surface area contributed by atoms with Gasteiger partial charge in [-0.05, 0) is 37.5 Å². The predicted molar refractivity (Wildman–Crippen MR) is 112 cm³/mol. The fourth-order valence-corrected chi connectivity index (χ4v) is 4.96. The van der Waals surface area contributed by atoms with Gasteiger partial charge in [-0.2, -0.15) is 0 Å². The molecular weight excluding hydrogens is 394 g/mol. The lowest BCUT2D eigenvalue weighted by atomic mass is 10.2. The molecule has 28 heavy (non-hydrogen) atoms. The van der Waals surface area contributed by atoms with Crippen LogP contribution in [0.1, 0.15) is 30.0 Å². The number of aromatic nitrogens is 3. The Balaban J connectivity index is 1.66. The zero-order valence-electron chi connectivity index (χ0n) is 16.2. The van der Waals surface area contributed by atoms with E-state index in [4.69, 9.17) is 13.9 Å². The van der Waals surface area contributed by atoms with Crippen molar-refractivity contribution < 1.29 is 8.94 Å². The molecule has 6 nitrogen and oxygen atoms in total. The average molecular weight is 416 g/mol. The molecule has 0 aliphatic heterocycles. The maximum absolute atomic E-state index is 13.2. The van der Waals surface area contributed by atoms with Crippen molar-refractivity contribution >= 4 is 33.3 Å². The monoisotopic (exact) mass is 415 g/mol. The SMILES string of the molecule is Cc1sc2nc(SCc3cc(-c4ccco4)on3)n(CC(C)C)c(=O)c2c1C. The van der Waals surface area contributed by atoms with Crippen LogP contribution in [0.15, 0.2) is 43.4 Å². The lowest BCUT2D eigenvalue weighted by molar-refractivity contribution is 0.413. The number of rotatable bonds is 6. The van der Waals surface area contributed by atoms with E-state index in [0.29, 0.717) is 29.7 Å². The largest absolute Gasteiger partial charge is 0.461 e. The highest BCUT2D eigenvalue weighted by atomic mass is 32.2. The summed E-state index contributed by atoms with van der Waals surface area (Å²) in [5.41, 5.74) is 1.85. The molecule has 0 fully saturated rings. The van der Waals surface area contributed by atoms with E-state index in [1.807, 2.05) is 26.0 Å². The molecule has 0 unspecified atom stereocenters. The molecule has 0 amide bonds. The van der Waals surface area contributed by atoms with Gasteiger partial charge in [-0.15, -0.1) is 11.3 Å². The van der Waals surface area contributed by atoms with Crippen molar-refractivity contribution in [3.8, 4) is 11.5 Å². The molecule has 0 aromatic carbocycles. The van der Waals surface area contributed by atoms with Crippen molar-refractivity contribution in [3.05, 3.63) is 51.0 Å². The molecule has 8 heteroatoms. The van der Waals surface area contributed by atoms with Gasteiger partial charge in [-0.25, -0.2) is 4.98 Å². The number of hydrogen-bond donors (Lipinski definition) is 0. The molecule has 4 rings (SSSR count). The molecule has 0 atom stereocenters. The highest BCUT2D eigenvalue weighted by molar-refractivity contribution is 7.98. The Morgan fingerprint density at radius 1 is 1.29 bits per heavy atom. The summed E-state index contributed by atoms with van der Waals surface area (Å²) in [5.74, 6) is 2.13. The maximum Gasteiger partial charge on any atom is 0.263 e. The third-order valence-corrected chi connectivity index (χ3v) is 6.58. The zero-order valence-corrected chi connectivity index (χ0v) is 17.8. The van der Waals surface area contributed by atoms with Gasteiger partial charge in [0.25, 0.3) is 5.56 Å². The molecule has 0 bridgehead atoms. The molecule has 0 spiro atoms. The van der Waals surface area contributed by atoms with Crippen molar-refractivity contribution in [2.75, 3.05) is 0 Å². The number of thiophene rings is 1.